The minimum atomic E-state index is -4.67. The highest BCUT2D eigenvalue weighted by molar-refractivity contribution is 6.58. The van der Waals surface area contributed by atoms with Gasteiger partial charge in [-0.15, -0.1) is 0 Å². The summed E-state index contributed by atoms with van der Waals surface area (Å²) in [7, 11) is 3.58. The highest BCUT2D eigenvalue weighted by atomic mass is 19.4. The van der Waals surface area contributed by atoms with Gasteiger partial charge in [-0.05, 0) is 46.5 Å². The number of rotatable bonds is 3. The van der Waals surface area contributed by atoms with Crippen molar-refractivity contribution in [2.45, 2.75) is 18.9 Å². The zero-order chi connectivity index (χ0) is 10.8. The van der Waals surface area contributed by atoms with Crippen molar-refractivity contribution in [2.75, 3.05) is 33.6 Å². The topological polar surface area (TPSA) is 6.48 Å². The molecule has 0 bridgehead atoms. The maximum Gasteiger partial charge on any atom is 0.492 e. The van der Waals surface area contributed by atoms with Crippen LogP contribution in [-0.2, 0) is 0 Å². The van der Waals surface area contributed by atoms with Crippen molar-refractivity contribution >= 4 is 6.98 Å². The van der Waals surface area contributed by atoms with Crippen LogP contribution in [0.4, 0.5) is 12.9 Å². The molecule has 1 rings (SSSR count). The molecule has 0 aromatic heterocycles. The maximum atomic E-state index is 12.1. The van der Waals surface area contributed by atoms with Crippen molar-refractivity contribution in [3.05, 3.63) is 0 Å². The number of likely N-dealkylation sites (tertiary alicyclic amines) is 1. The summed E-state index contributed by atoms with van der Waals surface area (Å²) in [5.41, 5.74) is 0. The molecule has 2 nitrogen and oxygen atoms in total. The summed E-state index contributed by atoms with van der Waals surface area (Å²) in [5, 5.41) is 0. The molecule has 0 N–H and O–H groups in total. The molecule has 0 amide bonds. The zero-order valence-electron chi connectivity index (χ0n) is 8.72. The summed E-state index contributed by atoms with van der Waals surface area (Å²) in [6.07, 6.45) is 0.965. The predicted octanol–water partition coefficient (Wildman–Crippen LogP) is 1.40. The summed E-state index contributed by atoms with van der Waals surface area (Å²) >= 11 is 0. The molecule has 84 valence electrons. The first-order chi connectivity index (χ1) is 6.38. The molecule has 0 saturated carbocycles. The van der Waals surface area contributed by atoms with Crippen molar-refractivity contribution in [1.82, 2.24) is 9.80 Å². The van der Waals surface area contributed by atoms with Crippen molar-refractivity contribution < 1.29 is 12.9 Å². The van der Waals surface area contributed by atoms with Gasteiger partial charge in [-0.25, -0.2) is 0 Å². The second kappa shape index (κ2) is 4.53. The lowest BCUT2D eigenvalue weighted by atomic mass is 9.89. The van der Waals surface area contributed by atoms with E-state index in [2.05, 4.69) is 4.90 Å². The van der Waals surface area contributed by atoms with Gasteiger partial charge < -0.3 is 22.7 Å². The summed E-state index contributed by atoms with van der Waals surface area (Å²) in [5.74, 6) is 0. The number of nitrogens with zero attached hydrogens (tertiary/aromatic N) is 2. The van der Waals surface area contributed by atoms with Crippen molar-refractivity contribution in [2.24, 2.45) is 0 Å². The van der Waals surface area contributed by atoms with E-state index in [1.807, 2.05) is 7.05 Å². The lowest BCUT2D eigenvalue weighted by Crippen LogP contribution is -2.46. The molecule has 0 unspecified atom stereocenters. The van der Waals surface area contributed by atoms with E-state index in [1.54, 1.807) is 7.05 Å². The highest BCUT2D eigenvalue weighted by Crippen LogP contribution is 2.17. The average Bonchev–Trinajstić information content (AvgIpc) is 2.02. The van der Waals surface area contributed by atoms with Crippen LogP contribution in [0.15, 0.2) is 0 Å². The maximum absolute atomic E-state index is 12.1. The normalized spacial score (nSPS) is 21.9. The molecule has 14 heavy (non-hydrogen) atoms. The Morgan fingerprint density at radius 2 is 1.79 bits per heavy atom. The third-order valence-corrected chi connectivity index (χ3v) is 2.81. The standard InChI is InChI=1S/C8H17BF3N2/c1-13-5-3-8(4-6-13)14(2)7-9(10,11)12/h8H,3-7H2,1-2H3/q-1. The monoisotopic (exact) mass is 209 g/mol. The van der Waals surface area contributed by atoms with Crippen LogP contribution in [0.2, 0.25) is 0 Å². The lowest BCUT2D eigenvalue weighted by Gasteiger charge is -2.37. The van der Waals surface area contributed by atoms with Crippen molar-refractivity contribution in [3.63, 3.8) is 0 Å². The number of hydrogen-bond donors (Lipinski definition) is 0. The molecule has 1 heterocycles. The Morgan fingerprint density at radius 3 is 2.21 bits per heavy atom. The van der Waals surface area contributed by atoms with E-state index >= 15 is 0 Å². The Hall–Kier alpha value is -0.225. The van der Waals surface area contributed by atoms with Crippen LogP contribution in [0.25, 0.3) is 0 Å². The van der Waals surface area contributed by atoms with E-state index in [1.165, 1.54) is 4.90 Å². The molecule has 1 saturated heterocycles. The lowest BCUT2D eigenvalue weighted by molar-refractivity contribution is 0.150. The first-order valence-electron chi connectivity index (χ1n) is 4.98. The van der Waals surface area contributed by atoms with Gasteiger partial charge >= 0.3 is 6.98 Å². The van der Waals surface area contributed by atoms with Gasteiger partial charge in [0.2, 0.25) is 0 Å². The van der Waals surface area contributed by atoms with Crippen LogP contribution in [0, 0.1) is 0 Å². The Kier molecular flexibility index (Phi) is 3.83. The van der Waals surface area contributed by atoms with Crippen LogP contribution in [0.5, 0.6) is 0 Å². The van der Waals surface area contributed by atoms with Gasteiger partial charge in [-0.1, -0.05) is 0 Å². The Labute approximate surface area is 83.1 Å². The number of hydrogen-bond acceptors (Lipinski definition) is 2. The third-order valence-electron chi connectivity index (χ3n) is 2.81. The molecule has 1 fully saturated rings. The molecule has 0 spiro atoms. The van der Waals surface area contributed by atoms with E-state index in [-0.39, 0.29) is 6.04 Å². The fourth-order valence-corrected chi connectivity index (χ4v) is 1.91. The van der Waals surface area contributed by atoms with Gasteiger partial charge in [-0.3, -0.25) is 0 Å². The molecular formula is C8H17BF3N2-. The van der Waals surface area contributed by atoms with Crippen LogP contribution in [-0.4, -0.2) is 56.4 Å². The second-order valence-corrected chi connectivity index (χ2v) is 4.18. The van der Waals surface area contributed by atoms with Gasteiger partial charge in [0.15, 0.2) is 0 Å². The van der Waals surface area contributed by atoms with Crippen LogP contribution >= 0.6 is 0 Å². The van der Waals surface area contributed by atoms with E-state index in [0.717, 1.165) is 25.9 Å². The SMILES string of the molecule is CN1CCC(N(C)C[B-](F)(F)F)CC1. The Morgan fingerprint density at radius 1 is 1.29 bits per heavy atom. The minimum absolute atomic E-state index is 0.106. The molecule has 0 aliphatic carbocycles. The molecular weight excluding hydrogens is 192 g/mol. The average molecular weight is 209 g/mol. The molecule has 1 aliphatic heterocycles. The molecule has 6 heteroatoms. The minimum Gasteiger partial charge on any atom is -0.448 e. The zero-order valence-corrected chi connectivity index (χ0v) is 8.72. The van der Waals surface area contributed by atoms with Gasteiger partial charge in [0.05, 0.1) is 0 Å². The predicted molar refractivity (Wildman–Crippen MR) is 52.2 cm³/mol. The highest BCUT2D eigenvalue weighted by Gasteiger charge is 2.29. The first-order valence-corrected chi connectivity index (χ1v) is 4.98. The second-order valence-electron chi connectivity index (χ2n) is 4.18. The Balaban J connectivity index is 2.34. The van der Waals surface area contributed by atoms with E-state index < -0.39 is 13.4 Å². The third kappa shape index (κ3) is 3.88. The molecule has 0 aromatic carbocycles. The van der Waals surface area contributed by atoms with E-state index in [0.29, 0.717) is 0 Å². The van der Waals surface area contributed by atoms with E-state index in [4.69, 9.17) is 0 Å². The first kappa shape index (κ1) is 11.8. The molecule has 0 atom stereocenters. The van der Waals surface area contributed by atoms with Crippen molar-refractivity contribution in [1.29, 1.82) is 0 Å². The van der Waals surface area contributed by atoms with Gasteiger partial charge in [0, 0.05) is 6.04 Å². The number of piperidine rings is 1. The molecule has 1 aliphatic rings. The van der Waals surface area contributed by atoms with Gasteiger partial charge in [-0.2, -0.15) is 0 Å². The van der Waals surface area contributed by atoms with E-state index in [9.17, 15) is 12.9 Å². The summed E-state index contributed by atoms with van der Waals surface area (Å²) in [4.78, 5) is 3.61. The molecule has 0 radical (unpaired) electrons. The number of halogens is 3. The van der Waals surface area contributed by atoms with Crippen LogP contribution in [0.3, 0.4) is 0 Å². The Bertz CT molecular complexity index is 178. The van der Waals surface area contributed by atoms with Crippen LogP contribution < -0.4 is 0 Å². The summed E-state index contributed by atoms with van der Waals surface area (Å²) in [6, 6.07) is 0.106. The van der Waals surface area contributed by atoms with Crippen molar-refractivity contribution in [3.8, 4) is 0 Å². The molecule has 0 aromatic rings. The van der Waals surface area contributed by atoms with Gasteiger partial charge in [0.1, 0.15) is 0 Å². The largest absolute Gasteiger partial charge is 0.492 e. The quantitative estimate of drug-likeness (QED) is 0.648. The fraction of sp³-hybridized carbons (Fsp3) is 1.00. The fourth-order valence-electron chi connectivity index (χ4n) is 1.91. The summed E-state index contributed by atoms with van der Waals surface area (Å²) < 4.78 is 36.4. The van der Waals surface area contributed by atoms with Crippen LogP contribution in [0.1, 0.15) is 12.8 Å². The van der Waals surface area contributed by atoms with Gasteiger partial charge in [0.25, 0.3) is 0 Å². The smallest absolute Gasteiger partial charge is 0.448 e. The summed E-state index contributed by atoms with van der Waals surface area (Å²) in [6.45, 7) is -2.87.